The molecule has 2 rings (SSSR count). The molecule has 1 heterocycles. The van der Waals surface area contributed by atoms with Crippen LogP contribution >= 0.6 is 0 Å². The number of fused-ring (bicyclic) bond motifs is 1. The Morgan fingerprint density at radius 2 is 1.94 bits per heavy atom. The van der Waals surface area contributed by atoms with E-state index in [0.717, 1.165) is 5.56 Å². The van der Waals surface area contributed by atoms with Gasteiger partial charge in [-0.3, -0.25) is 0 Å². The second-order valence-electron chi connectivity index (χ2n) is 3.99. The quantitative estimate of drug-likeness (QED) is 0.607. The number of allylic oxidation sites excluding steroid dienone is 1. The monoisotopic (exact) mass is 248 g/mol. The summed E-state index contributed by atoms with van der Waals surface area (Å²) in [6.07, 6.45) is 4.35. The van der Waals surface area contributed by atoms with Crippen LogP contribution in [-0.4, -0.2) is 20.2 Å². The molecule has 1 aliphatic rings. The Balaban J connectivity index is 2.43. The Bertz CT molecular complexity index is 491. The van der Waals surface area contributed by atoms with Gasteiger partial charge in [-0.25, -0.2) is 4.79 Å². The fourth-order valence-corrected chi connectivity index (χ4v) is 2.03. The van der Waals surface area contributed by atoms with Gasteiger partial charge in [-0.2, -0.15) is 0 Å². The molecule has 0 aromatic heterocycles. The van der Waals surface area contributed by atoms with Gasteiger partial charge in [0.05, 0.1) is 19.8 Å². The zero-order valence-electron chi connectivity index (χ0n) is 10.7. The van der Waals surface area contributed by atoms with Crippen molar-refractivity contribution >= 4 is 5.97 Å². The van der Waals surface area contributed by atoms with E-state index < -0.39 is 0 Å². The lowest BCUT2D eigenvalue weighted by Gasteiger charge is -2.11. The number of ether oxygens (including phenoxy) is 3. The van der Waals surface area contributed by atoms with E-state index in [1.807, 2.05) is 25.1 Å². The zero-order chi connectivity index (χ0) is 13.1. The number of cyclic esters (lactones) is 1. The lowest BCUT2D eigenvalue weighted by molar-refractivity contribution is 0.0392. The average Bonchev–Trinajstić information content (AvgIpc) is 2.71. The van der Waals surface area contributed by atoms with E-state index in [9.17, 15) is 4.79 Å². The van der Waals surface area contributed by atoms with Gasteiger partial charge in [-0.1, -0.05) is 12.2 Å². The molecule has 0 N–H and O–H groups in total. The smallest absolute Gasteiger partial charge is 0.339 e. The van der Waals surface area contributed by atoms with Gasteiger partial charge >= 0.3 is 5.97 Å². The summed E-state index contributed by atoms with van der Waals surface area (Å²) in [6.45, 7) is 1.94. The van der Waals surface area contributed by atoms with Crippen molar-refractivity contribution in [2.45, 2.75) is 19.4 Å². The van der Waals surface area contributed by atoms with Crippen molar-refractivity contribution in [3.05, 3.63) is 35.4 Å². The number of rotatable bonds is 4. The SMILES string of the molecule is C/C=C/CC1OC(=O)c2cc(OC)c(OC)cc21. The predicted octanol–water partition coefficient (Wildman–Crippen LogP) is 2.88. The molecular formula is C14H16O4. The number of benzene rings is 1. The molecule has 0 spiro atoms. The molecule has 0 radical (unpaired) electrons. The molecular weight excluding hydrogens is 232 g/mol. The van der Waals surface area contributed by atoms with Crippen molar-refractivity contribution < 1.29 is 19.0 Å². The first-order valence-electron chi connectivity index (χ1n) is 5.79. The normalized spacial score (nSPS) is 17.7. The van der Waals surface area contributed by atoms with E-state index in [4.69, 9.17) is 14.2 Å². The van der Waals surface area contributed by atoms with Gasteiger partial charge in [-0.05, 0) is 19.1 Å². The van der Waals surface area contributed by atoms with Gasteiger partial charge in [-0.15, -0.1) is 0 Å². The van der Waals surface area contributed by atoms with E-state index in [-0.39, 0.29) is 12.1 Å². The zero-order valence-corrected chi connectivity index (χ0v) is 10.7. The summed E-state index contributed by atoms with van der Waals surface area (Å²) in [5, 5.41) is 0. The maximum Gasteiger partial charge on any atom is 0.339 e. The van der Waals surface area contributed by atoms with Crippen LogP contribution < -0.4 is 9.47 Å². The number of carbonyl (C=O) groups is 1. The summed E-state index contributed by atoms with van der Waals surface area (Å²) in [4.78, 5) is 11.8. The molecule has 0 bridgehead atoms. The maximum atomic E-state index is 11.8. The highest BCUT2D eigenvalue weighted by atomic mass is 16.5. The molecule has 4 heteroatoms. The third-order valence-corrected chi connectivity index (χ3v) is 2.96. The Labute approximate surface area is 106 Å². The fraction of sp³-hybridized carbons (Fsp3) is 0.357. The molecule has 4 nitrogen and oxygen atoms in total. The van der Waals surface area contributed by atoms with Crippen LogP contribution in [0.1, 0.15) is 35.4 Å². The van der Waals surface area contributed by atoms with Crippen LogP contribution in [0, 0.1) is 0 Å². The minimum absolute atomic E-state index is 0.233. The maximum absolute atomic E-state index is 11.8. The van der Waals surface area contributed by atoms with Gasteiger partial charge in [0.25, 0.3) is 0 Å². The van der Waals surface area contributed by atoms with Gasteiger partial charge in [0, 0.05) is 12.0 Å². The summed E-state index contributed by atoms with van der Waals surface area (Å²) in [5.41, 5.74) is 1.41. The topological polar surface area (TPSA) is 44.8 Å². The first kappa shape index (κ1) is 12.5. The molecule has 96 valence electrons. The summed E-state index contributed by atoms with van der Waals surface area (Å²) in [7, 11) is 3.12. The molecule has 0 amide bonds. The Kier molecular flexibility index (Phi) is 3.55. The van der Waals surface area contributed by atoms with Gasteiger partial charge < -0.3 is 14.2 Å². The Morgan fingerprint density at radius 3 is 2.56 bits per heavy atom. The minimum Gasteiger partial charge on any atom is -0.493 e. The molecule has 0 saturated heterocycles. The highest BCUT2D eigenvalue weighted by Gasteiger charge is 2.32. The standard InChI is InChI=1S/C14H16O4/c1-4-5-6-11-9-7-12(16-2)13(17-3)8-10(9)14(15)18-11/h4-5,7-8,11H,6H2,1-3H3/b5-4+. The highest BCUT2D eigenvalue weighted by molar-refractivity contribution is 5.95. The lowest BCUT2D eigenvalue weighted by Crippen LogP contribution is -1.96. The number of hydrogen-bond acceptors (Lipinski definition) is 4. The van der Waals surface area contributed by atoms with Crippen molar-refractivity contribution in [2.24, 2.45) is 0 Å². The molecule has 1 aliphatic heterocycles. The molecule has 18 heavy (non-hydrogen) atoms. The largest absolute Gasteiger partial charge is 0.493 e. The van der Waals surface area contributed by atoms with Crippen molar-refractivity contribution in [2.75, 3.05) is 14.2 Å². The first-order valence-corrected chi connectivity index (χ1v) is 5.79. The third-order valence-electron chi connectivity index (χ3n) is 2.96. The van der Waals surface area contributed by atoms with E-state index in [1.54, 1.807) is 20.3 Å². The number of esters is 1. The van der Waals surface area contributed by atoms with Crippen LogP contribution in [0.4, 0.5) is 0 Å². The van der Waals surface area contributed by atoms with Crippen molar-refractivity contribution in [3.8, 4) is 11.5 Å². The van der Waals surface area contributed by atoms with E-state index in [2.05, 4.69) is 0 Å². The molecule has 1 unspecified atom stereocenters. The van der Waals surface area contributed by atoms with Gasteiger partial charge in [0.15, 0.2) is 11.5 Å². The molecule has 1 aromatic carbocycles. The second kappa shape index (κ2) is 5.12. The summed E-state index contributed by atoms with van der Waals surface area (Å²) < 4.78 is 15.8. The van der Waals surface area contributed by atoms with Crippen LogP contribution in [0.3, 0.4) is 0 Å². The number of hydrogen-bond donors (Lipinski definition) is 0. The summed E-state index contributed by atoms with van der Waals surface area (Å²) in [6, 6.07) is 3.49. The Morgan fingerprint density at radius 1 is 1.28 bits per heavy atom. The van der Waals surface area contributed by atoms with E-state index in [1.165, 1.54) is 0 Å². The molecule has 0 fully saturated rings. The van der Waals surface area contributed by atoms with Crippen LogP contribution in [0.2, 0.25) is 0 Å². The van der Waals surface area contributed by atoms with Gasteiger partial charge in [0.1, 0.15) is 6.10 Å². The summed E-state index contributed by atoms with van der Waals surface area (Å²) >= 11 is 0. The Hall–Kier alpha value is -1.97. The fourth-order valence-electron chi connectivity index (χ4n) is 2.03. The third kappa shape index (κ3) is 2.06. The predicted molar refractivity (Wildman–Crippen MR) is 67.1 cm³/mol. The first-order chi connectivity index (χ1) is 8.71. The van der Waals surface area contributed by atoms with Crippen molar-refractivity contribution in [1.82, 2.24) is 0 Å². The van der Waals surface area contributed by atoms with Crippen LogP contribution in [0.15, 0.2) is 24.3 Å². The number of methoxy groups -OCH3 is 2. The van der Waals surface area contributed by atoms with Crippen LogP contribution in [0.25, 0.3) is 0 Å². The molecule has 0 saturated carbocycles. The molecule has 1 aromatic rings. The van der Waals surface area contributed by atoms with Crippen LogP contribution in [-0.2, 0) is 4.74 Å². The van der Waals surface area contributed by atoms with E-state index in [0.29, 0.717) is 23.5 Å². The van der Waals surface area contributed by atoms with E-state index >= 15 is 0 Å². The number of carbonyl (C=O) groups excluding carboxylic acids is 1. The summed E-state index contributed by atoms with van der Waals surface area (Å²) in [5.74, 6) is 0.848. The van der Waals surface area contributed by atoms with Gasteiger partial charge in [0.2, 0.25) is 0 Å². The molecule has 0 aliphatic carbocycles. The van der Waals surface area contributed by atoms with Crippen molar-refractivity contribution in [3.63, 3.8) is 0 Å². The minimum atomic E-state index is -0.305. The van der Waals surface area contributed by atoms with Crippen LogP contribution in [0.5, 0.6) is 11.5 Å². The average molecular weight is 248 g/mol. The second-order valence-corrected chi connectivity index (χ2v) is 3.99. The lowest BCUT2D eigenvalue weighted by atomic mass is 10.0. The van der Waals surface area contributed by atoms with Crippen molar-refractivity contribution in [1.29, 1.82) is 0 Å². The highest BCUT2D eigenvalue weighted by Crippen LogP contribution is 2.40. The molecule has 1 atom stereocenters.